The molecule has 50 valence electrons. The second-order valence-corrected chi connectivity index (χ2v) is 1.68. The molecule has 0 saturated carbocycles. The molecule has 1 N–H and O–H groups in total. The molecule has 1 aliphatic heterocycles. The molecule has 0 aliphatic carbocycles. The van der Waals surface area contributed by atoms with Crippen molar-refractivity contribution >= 4 is 13.7 Å². The Balaban J connectivity index is 0.000000291. The number of aliphatic hydroxyl groups excluding tert-OH is 1. The van der Waals surface area contributed by atoms with Gasteiger partial charge in [0.15, 0.2) is 5.81 Å². The number of aliphatic hydroxyl groups is 1. The van der Waals surface area contributed by atoms with Crippen LogP contribution in [0.25, 0.3) is 0 Å². The molecular weight excluding hydrogens is 117 g/mol. The Morgan fingerprint density at radius 1 is 1.56 bits per heavy atom. The van der Waals surface area contributed by atoms with Crippen LogP contribution in [-0.2, 0) is 0 Å². The van der Waals surface area contributed by atoms with Gasteiger partial charge in [0.05, 0.1) is 0 Å². The zero-order valence-corrected chi connectivity index (χ0v) is 5.50. The van der Waals surface area contributed by atoms with E-state index in [1.54, 1.807) is 4.90 Å². The minimum Gasteiger partial charge on any atom is -0.400 e. The van der Waals surface area contributed by atoms with Gasteiger partial charge in [-0.1, -0.05) is 0 Å². The number of likely N-dealkylation sites (tertiary alicyclic amines) is 1. The van der Waals surface area contributed by atoms with Gasteiger partial charge in [-0.25, -0.2) is 0 Å². The summed E-state index contributed by atoms with van der Waals surface area (Å²) in [6.07, 6.45) is 1.11. The van der Waals surface area contributed by atoms with Gasteiger partial charge in [-0.2, -0.15) is 0 Å². The van der Waals surface area contributed by atoms with Crippen LogP contribution in [-0.4, -0.2) is 43.9 Å². The number of hydrogen-bond acceptors (Lipinski definition) is 2. The highest BCUT2D eigenvalue weighted by atomic mass is 16.2. The maximum atomic E-state index is 10.1. The normalized spacial score (nSPS) is 15.1. The molecule has 0 aromatic carbocycles. The molecule has 0 aromatic rings. The van der Waals surface area contributed by atoms with Crippen molar-refractivity contribution in [1.29, 1.82) is 0 Å². The summed E-state index contributed by atoms with van der Waals surface area (Å²) < 4.78 is 0. The van der Waals surface area contributed by atoms with Crippen LogP contribution in [0.3, 0.4) is 0 Å². The quantitative estimate of drug-likeness (QED) is 0.449. The molecule has 0 aromatic heterocycles. The van der Waals surface area contributed by atoms with Crippen LogP contribution in [0.15, 0.2) is 0 Å². The first kappa shape index (κ1) is 8.49. The zero-order chi connectivity index (χ0) is 7.28. The fourth-order valence-corrected chi connectivity index (χ4v) is 0.537. The molecule has 1 aliphatic rings. The smallest absolute Gasteiger partial charge is 0.200 e. The van der Waals surface area contributed by atoms with Crippen LogP contribution >= 0.6 is 0 Å². The van der Waals surface area contributed by atoms with E-state index in [2.05, 4.69) is 0 Å². The van der Waals surface area contributed by atoms with Crippen molar-refractivity contribution in [3.63, 3.8) is 0 Å². The first-order valence-corrected chi connectivity index (χ1v) is 2.80. The van der Waals surface area contributed by atoms with Crippen LogP contribution in [0.4, 0.5) is 4.79 Å². The molecule has 3 nitrogen and oxygen atoms in total. The maximum absolute atomic E-state index is 10.1. The maximum Gasteiger partial charge on any atom is 0.200 e. The fraction of sp³-hybridized carbons (Fsp3) is 0.800. The van der Waals surface area contributed by atoms with Crippen LogP contribution < -0.4 is 0 Å². The third-order valence-corrected chi connectivity index (χ3v) is 1.17. The average Bonchev–Trinajstić information content (AvgIpc) is 1.65. The lowest BCUT2D eigenvalue weighted by molar-refractivity contribution is 0.191. The summed E-state index contributed by atoms with van der Waals surface area (Å²) in [4.78, 5) is 11.7. The topological polar surface area (TPSA) is 40.5 Å². The van der Waals surface area contributed by atoms with Gasteiger partial charge in [0.25, 0.3) is 0 Å². The van der Waals surface area contributed by atoms with Gasteiger partial charge in [-0.15, -0.1) is 0 Å². The standard InChI is InChI=1S/C4H6BNO.CH4O/c5-4(7)6-2-1-3-6;1-2/h1-3H2;2H,1H3. The lowest BCUT2D eigenvalue weighted by atomic mass is 10.1. The Hall–Kier alpha value is -0.505. The molecule has 9 heavy (non-hydrogen) atoms. The van der Waals surface area contributed by atoms with Gasteiger partial charge in [0.2, 0.25) is 7.85 Å². The molecular formula is C5H10BNO2. The number of nitrogens with zero attached hydrogens (tertiary/aromatic N) is 1. The van der Waals surface area contributed by atoms with Crippen molar-refractivity contribution < 1.29 is 9.90 Å². The summed E-state index contributed by atoms with van der Waals surface area (Å²) in [6, 6.07) is 0. The van der Waals surface area contributed by atoms with Crippen molar-refractivity contribution in [2.45, 2.75) is 6.42 Å². The van der Waals surface area contributed by atoms with Gasteiger partial charge in [-0.3, -0.25) is 4.79 Å². The van der Waals surface area contributed by atoms with Gasteiger partial charge in [0.1, 0.15) is 0 Å². The van der Waals surface area contributed by atoms with Crippen molar-refractivity contribution in [3.05, 3.63) is 0 Å². The number of hydrogen-bond donors (Lipinski definition) is 1. The van der Waals surface area contributed by atoms with Crippen molar-refractivity contribution in [2.75, 3.05) is 20.2 Å². The van der Waals surface area contributed by atoms with E-state index >= 15 is 0 Å². The Bertz CT molecular complexity index is 93.0. The summed E-state index contributed by atoms with van der Waals surface area (Å²) in [5.74, 6) is -0.286. The Kier molecular flexibility index (Phi) is 4.14. The summed E-state index contributed by atoms with van der Waals surface area (Å²) in [6.45, 7) is 1.71. The zero-order valence-electron chi connectivity index (χ0n) is 5.50. The summed E-state index contributed by atoms with van der Waals surface area (Å²) in [5.41, 5.74) is 0. The first-order chi connectivity index (χ1) is 4.30. The largest absolute Gasteiger partial charge is 0.400 e. The second kappa shape index (κ2) is 4.38. The van der Waals surface area contributed by atoms with Crippen LogP contribution in [0.5, 0.6) is 0 Å². The molecule has 0 bridgehead atoms. The molecule has 1 amide bonds. The van der Waals surface area contributed by atoms with Gasteiger partial charge < -0.3 is 10.0 Å². The number of carbonyl (C=O) groups is 1. The summed E-state index contributed by atoms with van der Waals surface area (Å²) in [7, 11) is 5.88. The van der Waals surface area contributed by atoms with Crippen LogP contribution in [0.1, 0.15) is 6.42 Å². The fourth-order valence-electron chi connectivity index (χ4n) is 0.537. The highest BCUT2D eigenvalue weighted by Crippen LogP contribution is 2.03. The highest BCUT2D eigenvalue weighted by molar-refractivity contribution is 6.57. The third-order valence-electron chi connectivity index (χ3n) is 1.17. The van der Waals surface area contributed by atoms with Crippen molar-refractivity contribution in [3.8, 4) is 0 Å². The van der Waals surface area contributed by atoms with E-state index in [4.69, 9.17) is 13.0 Å². The number of amides is 1. The molecule has 1 fully saturated rings. The van der Waals surface area contributed by atoms with Crippen LogP contribution in [0.2, 0.25) is 0 Å². The van der Waals surface area contributed by atoms with Gasteiger partial charge in [0, 0.05) is 20.2 Å². The lowest BCUT2D eigenvalue weighted by Crippen LogP contribution is -2.41. The van der Waals surface area contributed by atoms with E-state index in [9.17, 15) is 4.79 Å². The predicted octanol–water partition coefficient (Wildman–Crippen LogP) is -0.411. The summed E-state index contributed by atoms with van der Waals surface area (Å²) in [5, 5.41) is 7.00. The molecule has 1 rings (SSSR count). The SMILES string of the molecule is CO.[B]C(=O)N1CCC1. The molecule has 0 spiro atoms. The molecule has 1 heterocycles. The van der Waals surface area contributed by atoms with Gasteiger partial charge in [-0.05, 0) is 6.42 Å². The van der Waals surface area contributed by atoms with E-state index < -0.39 is 0 Å². The third kappa shape index (κ3) is 2.51. The van der Waals surface area contributed by atoms with E-state index in [-0.39, 0.29) is 5.81 Å². The Morgan fingerprint density at radius 3 is 2.00 bits per heavy atom. The van der Waals surface area contributed by atoms with Gasteiger partial charge >= 0.3 is 0 Å². The minimum atomic E-state index is -0.286. The minimum absolute atomic E-state index is 0.286. The number of carbonyl (C=O) groups excluding carboxylic acids is 1. The molecule has 0 unspecified atom stereocenters. The van der Waals surface area contributed by atoms with E-state index in [1.807, 2.05) is 0 Å². The highest BCUT2D eigenvalue weighted by Gasteiger charge is 2.14. The second-order valence-electron chi connectivity index (χ2n) is 1.68. The molecule has 1 saturated heterocycles. The molecule has 4 heteroatoms. The van der Waals surface area contributed by atoms with Crippen molar-refractivity contribution in [1.82, 2.24) is 4.90 Å². The monoisotopic (exact) mass is 127 g/mol. The molecule has 0 atom stereocenters. The van der Waals surface area contributed by atoms with E-state index in [1.165, 1.54) is 0 Å². The van der Waals surface area contributed by atoms with E-state index in [0.717, 1.165) is 26.6 Å². The Morgan fingerprint density at radius 2 is 2.00 bits per heavy atom. The van der Waals surface area contributed by atoms with Crippen molar-refractivity contribution in [2.24, 2.45) is 0 Å². The predicted molar refractivity (Wildman–Crippen MR) is 35.5 cm³/mol. The lowest BCUT2D eigenvalue weighted by Gasteiger charge is -2.29. The summed E-state index contributed by atoms with van der Waals surface area (Å²) >= 11 is 0. The Labute approximate surface area is 56.1 Å². The first-order valence-electron chi connectivity index (χ1n) is 2.80. The van der Waals surface area contributed by atoms with Crippen LogP contribution in [0, 0.1) is 0 Å². The van der Waals surface area contributed by atoms with E-state index in [0.29, 0.717) is 0 Å². The molecule has 2 radical (unpaired) electrons. The average molecular weight is 127 g/mol. The number of rotatable bonds is 0.